The third kappa shape index (κ3) is 2.77. The van der Waals surface area contributed by atoms with Crippen LogP contribution < -0.4 is 0 Å². The molecule has 0 aliphatic carbocycles. The Kier molecular flexibility index (Phi) is 4.94. The zero-order valence-electron chi connectivity index (χ0n) is 9.12. The Balaban J connectivity index is 2.19. The Labute approximate surface area is 84.0 Å². The summed E-state index contributed by atoms with van der Waals surface area (Å²) in [7, 11) is -0.107. The smallest absolute Gasteiger partial charge is 0.179 e. The molecule has 3 nitrogen and oxygen atoms in total. The average Bonchev–Trinajstić information content (AvgIpc) is 2.12. The van der Waals surface area contributed by atoms with Crippen LogP contribution in [0.25, 0.3) is 0 Å². The molecule has 78 valence electrons. The van der Waals surface area contributed by atoms with Crippen molar-refractivity contribution in [3.63, 3.8) is 0 Å². The molecule has 0 N–H and O–H groups in total. The predicted octanol–water partition coefficient (Wildman–Crippen LogP) is 0.743. The first-order valence-electron chi connectivity index (χ1n) is 5.43. The SMILES string of the molecule is CCCCOC1N(CC)[SiH2]N1CC. The summed E-state index contributed by atoms with van der Waals surface area (Å²) in [4.78, 5) is 0. The molecule has 1 aliphatic heterocycles. The Morgan fingerprint density at radius 1 is 1.15 bits per heavy atom. The van der Waals surface area contributed by atoms with Gasteiger partial charge in [0.15, 0.2) is 16.2 Å². The third-order valence-corrected chi connectivity index (χ3v) is 4.81. The van der Waals surface area contributed by atoms with E-state index in [-0.39, 0.29) is 9.84 Å². The molecule has 0 atom stereocenters. The van der Waals surface area contributed by atoms with Crippen molar-refractivity contribution in [3.8, 4) is 0 Å². The van der Waals surface area contributed by atoms with Gasteiger partial charge in [0.25, 0.3) is 0 Å². The van der Waals surface area contributed by atoms with E-state index >= 15 is 0 Å². The van der Waals surface area contributed by atoms with Crippen molar-refractivity contribution in [3.05, 3.63) is 0 Å². The summed E-state index contributed by atoms with van der Waals surface area (Å²) in [5.74, 6) is 0. The monoisotopic (exact) mass is 202 g/mol. The highest BCUT2D eigenvalue weighted by Crippen LogP contribution is 2.16. The van der Waals surface area contributed by atoms with E-state index in [4.69, 9.17) is 4.74 Å². The molecule has 0 unspecified atom stereocenters. The molecule has 0 aromatic heterocycles. The molecule has 0 aromatic carbocycles. The van der Waals surface area contributed by atoms with Crippen molar-refractivity contribution < 1.29 is 4.74 Å². The molecule has 4 heteroatoms. The summed E-state index contributed by atoms with van der Waals surface area (Å²) < 4.78 is 10.8. The van der Waals surface area contributed by atoms with Crippen LogP contribution in [0, 0.1) is 0 Å². The van der Waals surface area contributed by atoms with E-state index in [1.165, 1.54) is 12.8 Å². The van der Waals surface area contributed by atoms with Gasteiger partial charge in [0.1, 0.15) is 0 Å². The second-order valence-corrected chi connectivity index (χ2v) is 5.41. The van der Waals surface area contributed by atoms with Gasteiger partial charge in [0.2, 0.25) is 0 Å². The molecule has 0 saturated carbocycles. The number of hydrogen-bond acceptors (Lipinski definition) is 3. The zero-order valence-corrected chi connectivity index (χ0v) is 10.5. The van der Waals surface area contributed by atoms with Crippen LogP contribution in [0.3, 0.4) is 0 Å². The van der Waals surface area contributed by atoms with Crippen LogP contribution in [0.5, 0.6) is 0 Å². The summed E-state index contributed by atoms with van der Waals surface area (Å²) in [6, 6.07) is 0. The molecule has 1 rings (SSSR count). The quantitative estimate of drug-likeness (QED) is 0.467. The van der Waals surface area contributed by atoms with Crippen molar-refractivity contribution >= 4 is 9.84 Å². The fourth-order valence-corrected chi connectivity index (χ4v) is 3.07. The maximum Gasteiger partial charge on any atom is 0.179 e. The minimum atomic E-state index is -0.107. The molecule has 0 bridgehead atoms. The first kappa shape index (κ1) is 11.2. The van der Waals surface area contributed by atoms with Crippen molar-refractivity contribution in [2.24, 2.45) is 0 Å². The first-order valence-corrected chi connectivity index (χ1v) is 6.69. The molecular weight excluding hydrogens is 180 g/mol. The van der Waals surface area contributed by atoms with Crippen LogP contribution in [0.15, 0.2) is 0 Å². The average molecular weight is 202 g/mol. The number of nitrogens with zero attached hydrogens (tertiary/aromatic N) is 2. The largest absolute Gasteiger partial charge is 0.351 e. The minimum Gasteiger partial charge on any atom is -0.351 e. The van der Waals surface area contributed by atoms with Gasteiger partial charge in [0.05, 0.1) is 6.61 Å². The van der Waals surface area contributed by atoms with Crippen LogP contribution in [0.1, 0.15) is 33.6 Å². The van der Waals surface area contributed by atoms with Gasteiger partial charge in [0, 0.05) is 0 Å². The van der Waals surface area contributed by atoms with Gasteiger partial charge < -0.3 is 4.74 Å². The first-order chi connectivity index (χ1) is 6.33. The summed E-state index contributed by atoms with van der Waals surface area (Å²) in [6.07, 6.45) is 2.74. The molecule has 1 heterocycles. The van der Waals surface area contributed by atoms with E-state index < -0.39 is 0 Å². The van der Waals surface area contributed by atoms with E-state index in [9.17, 15) is 0 Å². The van der Waals surface area contributed by atoms with Crippen molar-refractivity contribution in [1.29, 1.82) is 0 Å². The lowest BCUT2D eigenvalue weighted by Crippen LogP contribution is -2.67. The molecule has 1 fully saturated rings. The Hall–Kier alpha value is 0.0969. The lowest BCUT2D eigenvalue weighted by atomic mass is 10.4. The standard InChI is InChI=1S/C9H22N2OSi/c1-4-7-8-12-9-10(5-2)13-11(9)6-3/h9H,4-8,13H2,1-3H3. The number of hydrogen-bond donors (Lipinski definition) is 0. The molecule has 0 radical (unpaired) electrons. The summed E-state index contributed by atoms with van der Waals surface area (Å²) in [6.45, 7) is 9.86. The second-order valence-electron chi connectivity index (χ2n) is 3.50. The number of rotatable bonds is 6. The highest BCUT2D eigenvalue weighted by atomic mass is 28.2. The predicted molar refractivity (Wildman–Crippen MR) is 58.0 cm³/mol. The number of ether oxygens (including phenoxy) is 1. The van der Waals surface area contributed by atoms with E-state index in [0.29, 0.717) is 6.35 Å². The zero-order chi connectivity index (χ0) is 9.68. The van der Waals surface area contributed by atoms with E-state index in [2.05, 4.69) is 29.9 Å². The second kappa shape index (κ2) is 5.75. The molecule has 1 saturated heterocycles. The van der Waals surface area contributed by atoms with Crippen LogP contribution >= 0.6 is 0 Å². The maximum atomic E-state index is 5.81. The summed E-state index contributed by atoms with van der Waals surface area (Å²) in [5.41, 5.74) is 0. The molecule has 13 heavy (non-hydrogen) atoms. The van der Waals surface area contributed by atoms with Crippen LogP contribution in [-0.2, 0) is 4.74 Å². The molecular formula is C9H22N2OSi. The Morgan fingerprint density at radius 3 is 2.23 bits per heavy atom. The van der Waals surface area contributed by atoms with Crippen molar-refractivity contribution in [2.45, 2.75) is 40.0 Å². The Bertz CT molecular complexity index is 136. The summed E-state index contributed by atoms with van der Waals surface area (Å²) >= 11 is 0. The normalized spacial score (nSPS) is 26.5. The van der Waals surface area contributed by atoms with Gasteiger partial charge in [-0.1, -0.05) is 27.2 Å². The van der Waals surface area contributed by atoms with Gasteiger partial charge in [-0.15, -0.1) is 0 Å². The lowest BCUT2D eigenvalue weighted by Gasteiger charge is -2.49. The molecule has 0 spiro atoms. The van der Waals surface area contributed by atoms with Gasteiger partial charge in [-0.2, -0.15) is 0 Å². The minimum absolute atomic E-state index is 0.107. The van der Waals surface area contributed by atoms with E-state index in [1.54, 1.807) is 0 Å². The fraction of sp³-hybridized carbons (Fsp3) is 1.00. The van der Waals surface area contributed by atoms with Crippen molar-refractivity contribution in [2.75, 3.05) is 19.7 Å². The number of unbranched alkanes of at least 4 members (excludes halogenated alkanes) is 1. The van der Waals surface area contributed by atoms with Gasteiger partial charge in [-0.25, -0.2) is 0 Å². The van der Waals surface area contributed by atoms with Gasteiger partial charge in [-0.05, 0) is 19.5 Å². The highest BCUT2D eigenvalue weighted by Gasteiger charge is 2.34. The van der Waals surface area contributed by atoms with Gasteiger partial charge >= 0.3 is 0 Å². The molecule has 0 amide bonds. The molecule has 0 aromatic rings. The third-order valence-electron chi connectivity index (χ3n) is 2.57. The maximum absolute atomic E-state index is 5.81. The topological polar surface area (TPSA) is 15.7 Å². The van der Waals surface area contributed by atoms with Crippen LogP contribution in [0.2, 0.25) is 0 Å². The fourth-order valence-electron chi connectivity index (χ4n) is 1.56. The van der Waals surface area contributed by atoms with E-state index in [1.807, 2.05) is 0 Å². The van der Waals surface area contributed by atoms with Gasteiger partial charge in [-0.3, -0.25) is 9.13 Å². The Morgan fingerprint density at radius 2 is 1.77 bits per heavy atom. The van der Waals surface area contributed by atoms with Crippen LogP contribution in [-0.4, -0.2) is 45.0 Å². The molecule has 1 aliphatic rings. The lowest BCUT2D eigenvalue weighted by molar-refractivity contribution is -0.131. The van der Waals surface area contributed by atoms with Crippen molar-refractivity contribution in [1.82, 2.24) is 9.13 Å². The van der Waals surface area contributed by atoms with Crippen LogP contribution in [0.4, 0.5) is 0 Å². The highest BCUT2D eigenvalue weighted by molar-refractivity contribution is 6.31. The summed E-state index contributed by atoms with van der Waals surface area (Å²) in [5, 5.41) is 0. The van der Waals surface area contributed by atoms with E-state index in [0.717, 1.165) is 19.7 Å².